The van der Waals surface area contributed by atoms with Crippen LogP contribution >= 0.6 is 11.3 Å². The Labute approximate surface area is 207 Å². The molecule has 36 heavy (non-hydrogen) atoms. The number of fused-ring (bicyclic) bond motifs is 1. The zero-order valence-corrected chi connectivity index (χ0v) is 21.1. The van der Waals surface area contributed by atoms with Crippen LogP contribution in [0.25, 0.3) is 15.9 Å². The molecule has 0 bridgehead atoms. The van der Waals surface area contributed by atoms with E-state index in [2.05, 4.69) is 20.3 Å². The van der Waals surface area contributed by atoms with Crippen molar-refractivity contribution >= 4 is 68.4 Å². The third-order valence-electron chi connectivity index (χ3n) is 4.71. The van der Waals surface area contributed by atoms with Crippen LogP contribution in [0, 0.1) is 6.92 Å². The van der Waals surface area contributed by atoms with E-state index in [1.165, 1.54) is 25.1 Å². The van der Waals surface area contributed by atoms with E-state index in [1.54, 1.807) is 0 Å². The number of sulfonamides is 1. The lowest BCUT2D eigenvalue weighted by Crippen LogP contribution is -2.11. The minimum Gasteiger partial charge on any atom is -0.382 e. The molecule has 0 aliphatic rings. The van der Waals surface area contributed by atoms with Crippen molar-refractivity contribution in [1.29, 1.82) is 0 Å². The molecule has 0 fully saturated rings. The number of azo groups is 1. The number of hydrogen-bond donors (Lipinski definition) is 4. The highest BCUT2D eigenvalue weighted by atomic mass is 32.2. The number of rotatable bonds is 6. The van der Waals surface area contributed by atoms with Gasteiger partial charge in [0.25, 0.3) is 20.2 Å². The Hall–Kier alpha value is -3.33. The van der Waals surface area contributed by atoms with Crippen molar-refractivity contribution in [2.24, 2.45) is 15.4 Å². The van der Waals surface area contributed by atoms with E-state index in [4.69, 9.17) is 10.9 Å². The summed E-state index contributed by atoms with van der Waals surface area (Å²) in [6.45, 7) is 1.46. The molecule has 15 nitrogen and oxygen atoms in total. The zero-order valence-electron chi connectivity index (χ0n) is 17.8. The summed E-state index contributed by atoms with van der Waals surface area (Å²) in [6, 6.07) is 6.38. The molecule has 0 unspecified atom stereocenters. The summed E-state index contributed by atoms with van der Waals surface area (Å²) in [5.74, 6) is -0.272. The Bertz CT molecular complexity index is 1890. The van der Waals surface area contributed by atoms with Gasteiger partial charge in [-0.3, -0.25) is 9.11 Å². The summed E-state index contributed by atoms with van der Waals surface area (Å²) in [5.41, 5.74) is 6.16. The van der Waals surface area contributed by atoms with Crippen LogP contribution < -0.4 is 10.9 Å². The van der Waals surface area contributed by atoms with Crippen LogP contribution in [0.2, 0.25) is 0 Å². The van der Waals surface area contributed by atoms with E-state index < -0.39 is 45.7 Å². The first-order valence-corrected chi connectivity index (χ1v) is 14.6. The molecule has 2 aromatic heterocycles. The minimum atomic E-state index is -4.86. The van der Waals surface area contributed by atoms with E-state index in [0.717, 1.165) is 34.2 Å². The van der Waals surface area contributed by atoms with Gasteiger partial charge in [0, 0.05) is 0 Å². The van der Waals surface area contributed by atoms with Gasteiger partial charge < -0.3 is 5.73 Å². The van der Waals surface area contributed by atoms with E-state index in [9.17, 15) is 34.4 Å². The molecule has 190 valence electrons. The number of anilines is 1. The maximum atomic E-state index is 11.8. The summed E-state index contributed by atoms with van der Waals surface area (Å²) in [7, 11) is -13.5. The van der Waals surface area contributed by atoms with Crippen LogP contribution in [-0.4, -0.2) is 49.1 Å². The van der Waals surface area contributed by atoms with Crippen LogP contribution in [0.3, 0.4) is 0 Å². The lowest BCUT2D eigenvalue weighted by Gasteiger charge is -2.10. The summed E-state index contributed by atoms with van der Waals surface area (Å²) in [6.07, 6.45) is 0. The van der Waals surface area contributed by atoms with Gasteiger partial charge in [-0.1, -0.05) is 11.3 Å². The summed E-state index contributed by atoms with van der Waals surface area (Å²) in [5, 5.41) is 17.3. The van der Waals surface area contributed by atoms with Crippen LogP contribution in [0.1, 0.15) is 5.69 Å². The average molecular weight is 574 g/mol. The highest BCUT2D eigenvalue weighted by Crippen LogP contribution is 2.35. The molecule has 0 aliphatic heterocycles. The van der Waals surface area contributed by atoms with E-state index >= 15 is 0 Å². The van der Waals surface area contributed by atoms with Crippen molar-refractivity contribution in [3.63, 3.8) is 0 Å². The van der Waals surface area contributed by atoms with Crippen LogP contribution in [0.4, 0.5) is 16.6 Å². The number of aromatic nitrogens is 3. The molecule has 0 radical (unpaired) electrons. The quantitative estimate of drug-likeness (QED) is 0.191. The van der Waals surface area contributed by atoms with Gasteiger partial charge in [0.05, 0.1) is 31.4 Å². The third-order valence-corrected chi connectivity index (χ3v) is 8.27. The number of nitrogen functional groups attached to an aromatic ring is 1. The van der Waals surface area contributed by atoms with E-state index in [1.807, 2.05) is 0 Å². The maximum absolute atomic E-state index is 11.8. The molecule has 0 amide bonds. The molecular weight excluding hydrogens is 558 g/mol. The summed E-state index contributed by atoms with van der Waals surface area (Å²) in [4.78, 5) is 2.70. The number of thiazole rings is 1. The highest BCUT2D eigenvalue weighted by molar-refractivity contribution is 7.89. The summed E-state index contributed by atoms with van der Waals surface area (Å²) < 4.78 is 90.1. The fourth-order valence-corrected chi connectivity index (χ4v) is 5.68. The first kappa shape index (κ1) is 25.8. The summed E-state index contributed by atoms with van der Waals surface area (Å²) >= 11 is 1.01. The molecule has 0 saturated heterocycles. The van der Waals surface area contributed by atoms with Crippen molar-refractivity contribution in [2.75, 3.05) is 5.73 Å². The fourth-order valence-electron chi connectivity index (χ4n) is 3.09. The third kappa shape index (κ3) is 4.97. The number of hydrogen-bond acceptors (Lipinski definition) is 12. The Morgan fingerprint density at radius 1 is 0.944 bits per heavy atom. The van der Waals surface area contributed by atoms with Crippen molar-refractivity contribution in [2.45, 2.75) is 21.6 Å². The number of aryl methyl sites for hydroxylation is 1. The largest absolute Gasteiger partial charge is 0.382 e. The lowest BCUT2D eigenvalue weighted by molar-refractivity contribution is 0.477. The number of primary sulfonamides is 1. The molecule has 6 N–H and O–H groups in total. The van der Waals surface area contributed by atoms with Gasteiger partial charge in [0.1, 0.15) is 4.90 Å². The predicted molar refractivity (Wildman–Crippen MR) is 128 cm³/mol. The first-order chi connectivity index (χ1) is 16.6. The smallest absolute Gasteiger partial charge is 0.296 e. The average Bonchev–Trinajstić information content (AvgIpc) is 3.29. The molecule has 0 spiro atoms. The first-order valence-electron chi connectivity index (χ1n) is 9.35. The second-order valence-electron chi connectivity index (χ2n) is 7.18. The normalized spacial score (nSPS) is 13.1. The van der Waals surface area contributed by atoms with Gasteiger partial charge in [0.15, 0.2) is 11.5 Å². The minimum absolute atomic E-state index is 0.0296. The molecule has 0 aliphatic carbocycles. The Balaban J connectivity index is 1.80. The van der Waals surface area contributed by atoms with Gasteiger partial charge in [-0.25, -0.2) is 23.2 Å². The number of nitrogens with two attached hydrogens (primary N) is 2. The zero-order chi connectivity index (χ0) is 26.6. The molecule has 2 heterocycles. The topological polar surface area (TPSA) is 250 Å². The van der Waals surface area contributed by atoms with Crippen LogP contribution in [0.5, 0.6) is 0 Å². The molecule has 0 saturated carbocycles. The second-order valence-corrected chi connectivity index (χ2v) is 12.6. The second kappa shape index (κ2) is 8.65. The fraction of sp³-hybridized carbons (Fsp3) is 0.0588. The van der Waals surface area contributed by atoms with Gasteiger partial charge in [0.2, 0.25) is 15.2 Å². The van der Waals surface area contributed by atoms with Crippen molar-refractivity contribution < 1.29 is 34.4 Å². The molecule has 19 heteroatoms. The SMILES string of the molecule is Cc1nn(-c2cc(S(=O)(=O)O)ccc2S(=O)(=O)O)c(N)c1N=Nc1nc2ccc(S(N)(=O)=O)cc2s1. The molecule has 0 atom stereocenters. The van der Waals surface area contributed by atoms with Crippen LogP contribution in [-0.2, 0) is 30.3 Å². The Kier molecular flexibility index (Phi) is 6.19. The van der Waals surface area contributed by atoms with E-state index in [-0.39, 0.29) is 27.2 Å². The lowest BCUT2D eigenvalue weighted by atomic mass is 10.3. The molecule has 4 rings (SSSR count). The van der Waals surface area contributed by atoms with Crippen molar-refractivity contribution in [3.8, 4) is 5.69 Å². The van der Waals surface area contributed by atoms with Gasteiger partial charge in [-0.05, 0) is 43.3 Å². The number of benzene rings is 2. The Morgan fingerprint density at radius 3 is 2.22 bits per heavy atom. The molecule has 4 aromatic rings. The van der Waals surface area contributed by atoms with E-state index in [0.29, 0.717) is 10.2 Å². The molecule has 2 aromatic carbocycles. The van der Waals surface area contributed by atoms with Crippen molar-refractivity contribution in [3.05, 3.63) is 42.1 Å². The van der Waals surface area contributed by atoms with Gasteiger partial charge >= 0.3 is 0 Å². The van der Waals surface area contributed by atoms with Gasteiger partial charge in [-0.15, -0.1) is 10.2 Å². The van der Waals surface area contributed by atoms with Gasteiger partial charge in [-0.2, -0.15) is 21.9 Å². The van der Waals surface area contributed by atoms with Crippen molar-refractivity contribution in [1.82, 2.24) is 14.8 Å². The standard InChI is InChI=1S/C17H15N7O8S4/c1-8-15(21-22-17-20-11-4-2-9(34(19,25)26)7-13(11)33-17)16(18)24(23-8)12-6-10(35(27,28)29)3-5-14(12)36(30,31)32/h2-7H,18H2,1H3,(H2,19,25,26)(H,27,28,29)(H,30,31,32). The molecular formula is C17H15N7O8S4. The monoisotopic (exact) mass is 573 g/mol. The maximum Gasteiger partial charge on any atom is 0.296 e. The highest BCUT2D eigenvalue weighted by Gasteiger charge is 2.24. The Morgan fingerprint density at radius 2 is 1.61 bits per heavy atom. The number of nitrogens with zero attached hydrogens (tertiary/aromatic N) is 5. The predicted octanol–water partition coefficient (Wildman–Crippen LogP) is 1.93. The van der Waals surface area contributed by atoms with Crippen LogP contribution in [0.15, 0.2) is 61.3 Å².